The van der Waals surface area contributed by atoms with Gasteiger partial charge in [-0.1, -0.05) is 275 Å². The molecule has 111 heavy (non-hydrogen) atoms. The van der Waals surface area contributed by atoms with E-state index < -0.39 is 5.41 Å². The van der Waals surface area contributed by atoms with Gasteiger partial charge in [0.05, 0.1) is 22.1 Å². The molecule has 0 bridgehead atoms. The summed E-state index contributed by atoms with van der Waals surface area (Å²) in [7, 11) is 0. The molecule has 522 valence electrons. The molecule has 0 fully saturated rings. The maximum absolute atomic E-state index is 6.36. The summed E-state index contributed by atoms with van der Waals surface area (Å²) in [5.41, 5.74) is 33.4. The van der Waals surface area contributed by atoms with E-state index in [9.17, 15) is 0 Å². The number of rotatable bonds is 13. The summed E-state index contributed by atoms with van der Waals surface area (Å²) in [4.78, 5) is 4.88. The number of benzene rings is 17. The summed E-state index contributed by atoms with van der Waals surface area (Å²) in [6.07, 6.45) is 0. The minimum atomic E-state index is -0.535. The number of fused-ring (bicyclic) bond motifs is 15. The van der Waals surface area contributed by atoms with Crippen molar-refractivity contribution in [2.45, 2.75) is 24.7 Å². The zero-order valence-electron chi connectivity index (χ0n) is 61.2. The lowest BCUT2D eigenvalue weighted by atomic mass is 9.68. The molecule has 3 heterocycles. The van der Waals surface area contributed by atoms with Crippen LogP contribution in [-0.2, 0) is 10.8 Å². The number of furan rings is 1. The summed E-state index contributed by atoms with van der Waals surface area (Å²) >= 11 is 1.86. The fraction of sp³-hybridized carbons (Fsp3) is 0.0377. The molecule has 0 aliphatic heterocycles. The van der Waals surface area contributed by atoms with Gasteiger partial charge in [-0.3, -0.25) is 0 Å². The van der Waals surface area contributed by atoms with Crippen LogP contribution in [0.15, 0.2) is 399 Å². The Morgan fingerprint density at radius 1 is 0.270 bits per heavy atom. The Kier molecular flexibility index (Phi) is 14.7. The van der Waals surface area contributed by atoms with E-state index in [0.29, 0.717) is 0 Å². The van der Waals surface area contributed by atoms with Gasteiger partial charge in [0, 0.05) is 86.8 Å². The largest absolute Gasteiger partial charge is 0.456 e. The molecule has 0 unspecified atom stereocenters. The number of aromatic nitrogens is 1. The van der Waals surface area contributed by atoms with Gasteiger partial charge in [-0.2, -0.15) is 0 Å². The van der Waals surface area contributed by atoms with Crippen molar-refractivity contribution in [3.05, 3.63) is 428 Å². The summed E-state index contributed by atoms with van der Waals surface area (Å²) in [6, 6.07) is 146. The van der Waals surface area contributed by atoms with Crippen molar-refractivity contribution in [3.8, 4) is 72.4 Å². The third kappa shape index (κ3) is 10.2. The predicted molar refractivity (Wildman–Crippen MR) is 467 cm³/mol. The first-order valence-corrected chi connectivity index (χ1v) is 39.2. The van der Waals surface area contributed by atoms with Crippen LogP contribution in [0, 0.1) is 0 Å². The first-order chi connectivity index (χ1) is 54.8. The minimum absolute atomic E-state index is 0.148. The molecule has 0 atom stereocenters. The van der Waals surface area contributed by atoms with Crippen LogP contribution in [0.1, 0.15) is 47.2 Å². The van der Waals surface area contributed by atoms with Gasteiger partial charge < -0.3 is 18.8 Å². The van der Waals surface area contributed by atoms with Gasteiger partial charge in [-0.05, 0) is 228 Å². The average molecular weight is 1430 g/mol. The molecule has 20 aromatic rings. The van der Waals surface area contributed by atoms with Crippen molar-refractivity contribution in [1.29, 1.82) is 0 Å². The molecule has 0 amide bonds. The van der Waals surface area contributed by atoms with Gasteiger partial charge in [0.25, 0.3) is 0 Å². The predicted octanol–water partition coefficient (Wildman–Crippen LogP) is 29.3. The lowest BCUT2D eigenvalue weighted by Crippen LogP contribution is -2.28. The van der Waals surface area contributed by atoms with Crippen molar-refractivity contribution in [2.75, 3.05) is 9.80 Å². The van der Waals surface area contributed by atoms with Crippen LogP contribution in [0.3, 0.4) is 0 Å². The second-order valence-electron chi connectivity index (χ2n) is 30.2. The van der Waals surface area contributed by atoms with E-state index in [1.807, 2.05) is 17.4 Å². The highest BCUT2D eigenvalue weighted by molar-refractivity contribution is 7.25. The number of hydrogen-bond acceptors (Lipinski definition) is 4. The molecule has 0 spiro atoms. The molecule has 4 nitrogen and oxygen atoms in total. The molecule has 17 aromatic carbocycles. The second-order valence-corrected chi connectivity index (χ2v) is 31.3. The summed E-state index contributed by atoms with van der Waals surface area (Å²) < 4.78 is 11.3. The third-order valence-electron chi connectivity index (χ3n) is 23.9. The van der Waals surface area contributed by atoms with E-state index in [0.717, 1.165) is 72.9 Å². The Labute approximate surface area is 648 Å². The minimum Gasteiger partial charge on any atom is -0.456 e. The molecular weight excluding hydrogens is 1360 g/mol. The smallest absolute Gasteiger partial charge is 0.135 e. The molecule has 0 N–H and O–H groups in total. The lowest BCUT2D eigenvalue weighted by Gasteiger charge is -2.34. The van der Waals surface area contributed by atoms with Crippen molar-refractivity contribution < 1.29 is 4.42 Å². The van der Waals surface area contributed by atoms with E-state index in [-0.39, 0.29) is 5.41 Å². The Hall–Kier alpha value is -13.8. The maximum atomic E-state index is 6.36. The summed E-state index contributed by atoms with van der Waals surface area (Å²) in [5.74, 6) is 0. The normalized spacial score (nSPS) is 13.1. The zero-order chi connectivity index (χ0) is 73.5. The average Bonchev–Trinajstić information content (AvgIpc) is 1.53. The van der Waals surface area contributed by atoms with E-state index >= 15 is 0 Å². The highest BCUT2D eigenvalue weighted by Gasteiger charge is 2.47. The van der Waals surface area contributed by atoms with Crippen LogP contribution in [0.5, 0.6) is 0 Å². The van der Waals surface area contributed by atoms with Crippen molar-refractivity contribution in [3.63, 3.8) is 0 Å². The Morgan fingerprint density at radius 3 is 1.38 bits per heavy atom. The van der Waals surface area contributed by atoms with Gasteiger partial charge in [0.15, 0.2) is 0 Å². The van der Waals surface area contributed by atoms with Gasteiger partial charge in [-0.15, -0.1) is 11.3 Å². The van der Waals surface area contributed by atoms with E-state index in [1.165, 1.54) is 131 Å². The van der Waals surface area contributed by atoms with Gasteiger partial charge in [0.2, 0.25) is 0 Å². The Morgan fingerprint density at radius 2 is 0.721 bits per heavy atom. The molecule has 0 radical (unpaired) electrons. The molecule has 0 saturated heterocycles. The standard InChI is InChI=1S/C106H71N3OS/c1-105(2)93-31-16-12-27-84(93)85-58-56-83(67-96(85)105)107(82-57-60-101-90(66-82)87-29-15-19-36-100(87)110-101)78-48-39-70(40-49-78)73-45-59-98-89(63-73)86-28-14-18-34-97(86)109(98)81-54-43-72(44-55-81)75-47-62-103-92(65-75)91-64-74(46-61-102(91)111-103)71-41-52-80(53-42-71)108(79-50-37-69(38-51-79)68-21-6-3-7-22-68)99-35-20-33-95-104(99)88-30-13-17-32-94(88)106(95,76-23-8-4-9-24-76)77-25-10-5-11-26-77/h3-67H,1-2H3. The second kappa shape index (κ2) is 25.4. The van der Waals surface area contributed by atoms with Crippen LogP contribution in [0.4, 0.5) is 34.1 Å². The maximum Gasteiger partial charge on any atom is 0.135 e. The van der Waals surface area contributed by atoms with Crippen LogP contribution in [0.2, 0.25) is 0 Å². The van der Waals surface area contributed by atoms with Gasteiger partial charge >= 0.3 is 0 Å². The van der Waals surface area contributed by atoms with Gasteiger partial charge in [0.1, 0.15) is 11.2 Å². The monoisotopic (exact) mass is 1430 g/mol. The van der Waals surface area contributed by atoms with Crippen LogP contribution < -0.4 is 9.80 Å². The number of para-hydroxylation sites is 2. The number of nitrogens with zero attached hydrogens (tertiary/aromatic N) is 3. The molecule has 0 saturated carbocycles. The number of hydrogen-bond donors (Lipinski definition) is 0. The molecule has 2 aliphatic carbocycles. The molecule has 3 aromatic heterocycles. The zero-order valence-corrected chi connectivity index (χ0v) is 62.0. The first kappa shape index (κ1) is 64.3. The van der Waals surface area contributed by atoms with Crippen molar-refractivity contribution in [1.82, 2.24) is 4.57 Å². The topological polar surface area (TPSA) is 24.6 Å². The van der Waals surface area contributed by atoms with Gasteiger partial charge in [-0.25, -0.2) is 0 Å². The fourth-order valence-electron chi connectivity index (χ4n) is 18.6. The summed E-state index contributed by atoms with van der Waals surface area (Å²) in [6.45, 7) is 4.71. The number of thiophene rings is 1. The Balaban J connectivity index is 0.577. The lowest BCUT2D eigenvalue weighted by molar-refractivity contribution is 0.660. The first-order valence-electron chi connectivity index (χ1n) is 38.3. The van der Waals surface area contributed by atoms with Crippen molar-refractivity contribution in [2.24, 2.45) is 0 Å². The highest BCUT2D eigenvalue weighted by Crippen LogP contribution is 2.60. The Bertz CT molecular complexity index is 7030. The number of anilines is 6. The molecule has 22 rings (SSSR count). The van der Waals surface area contributed by atoms with E-state index in [2.05, 4.69) is 416 Å². The molecular formula is C106H71N3OS. The van der Waals surface area contributed by atoms with E-state index in [4.69, 9.17) is 4.42 Å². The van der Waals surface area contributed by atoms with Crippen LogP contribution >= 0.6 is 11.3 Å². The highest BCUT2D eigenvalue weighted by atomic mass is 32.1. The fourth-order valence-corrected chi connectivity index (χ4v) is 19.7. The van der Waals surface area contributed by atoms with E-state index in [1.54, 1.807) is 0 Å². The van der Waals surface area contributed by atoms with Crippen molar-refractivity contribution >= 4 is 109 Å². The molecule has 5 heteroatoms. The summed E-state index contributed by atoms with van der Waals surface area (Å²) in [5, 5.41) is 7.18. The van der Waals surface area contributed by atoms with Crippen LogP contribution in [-0.4, -0.2) is 4.57 Å². The SMILES string of the molecule is CC1(C)c2ccccc2-c2ccc(N(c3ccc(-c4ccc5c(c4)c4ccccc4n5-c4ccc(-c5ccc6sc7ccc(-c8ccc(N(c9ccc(-c%10ccccc%10)cc9)c9cccc%10c9-c9ccccc9C%10(c9ccccc9)c9ccccc9)cc8)cc7c6c5)cc4)cc3)c3ccc4oc5ccccc5c4c3)cc21. The quantitative estimate of drug-likeness (QED) is 0.115. The molecule has 2 aliphatic rings. The third-order valence-corrected chi connectivity index (χ3v) is 25.0. The van der Waals surface area contributed by atoms with Crippen LogP contribution in [0.25, 0.3) is 136 Å².